The van der Waals surface area contributed by atoms with Crippen LogP contribution in [0.2, 0.25) is 0 Å². The summed E-state index contributed by atoms with van der Waals surface area (Å²) in [4.78, 5) is 68.5. The van der Waals surface area contributed by atoms with Gasteiger partial charge in [0.25, 0.3) is 5.91 Å². The molecule has 2 bridgehead atoms. The SMILES string of the molecule is CCOCCC(=O)N1CCCCNC(=O)[C@@H](C)NC(=O)[C@H](Cc2ccc(OC)cc2)NC(=O)C([C@@H](C)CC)NC(=O)c2ccc(cc2)C1. The van der Waals surface area contributed by atoms with E-state index in [2.05, 4.69) is 21.3 Å². The Morgan fingerprint density at radius 2 is 1.62 bits per heavy atom. The highest BCUT2D eigenvalue weighted by atomic mass is 16.5. The minimum absolute atomic E-state index is 0.0457. The van der Waals surface area contributed by atoms with Gasteiger partial charge in [0.2, 0.25) is 23.6 Å². The van der Waals surface area contributed by atoms with Crippen LogP contribution in [0.4, 0.5) is 0 Å². The predicted molar refractivity (Wildman–Crippen MR) is 182 cm³/mol. The summed E-state index contributed by atoms with van der Waals surface area (Å²) in [5, 5.41) is 11.3. The lowest BCUT2D eigenvalue weighted by Gasteiger charge is -2.27. The summed E-state index contributed by atoms with van der Waals surface area (Å²) in [7, 11) is 1.56. The fourth-order valence-electron chi connectivity index (χ4n) is 5.30. The zero-order valence-electron chi connectivity index (χ0n) is 28.8. The first-order valence-electron chi connectivity index (χ1n) is 16.8. The van der Waals surface area contributed by atoms with Crippen molar-refractivity contribution in [3.8, 4) is 5.75 Å². The van der Waals surface area contributed by atoms with Crippen molar-refractivity contribution in [1.29, 1.82) is 0 Å². The summed E-state index contributed by atoms with van der Waals surface area (Å²) < 4.78 is 10.6. The lowest BCUT2D eigenvalue weighted by Crippen LogP contribution is -2.58. The highest BCUT2D eigenvalue weighted by molar-refractivity contribution is 5.99. The lowest BCUT2D eigenvalue weighted by molar-refractivity contribution is -0.133. The molecule has 2 aliphatic heterocycles. The van der Waals surface area contributed by atoms with Gasteiger partial charge in [-0.2, -0.15) is 0 Å². The number of hydrogen-bond acceptors (Lipinski definition) is 7. The first kappa shape index (κ1) is 38.0. The van der Waals surface area contributed by atoms with Crippen molar-refractivity contribution in [3.63, 3.8) is 0 Å². The van der Waals surface area contributed by atoms with Crippen molar-refractivity contribution in [3.05, 3.63) is 65.2 Å². The van der Waals surface area contributed by atoms with Gasteiger partial charge in [0.15, 0.2) is 0 Å². The zero-order chi connectivity index (χ0) is 35.1. The molecular weight excluding hydrogens is 614 g/mol. The number of fused-ring (bicyclic) bond motifs is 18. The maximum absolute atomic E-state index is 13.8. The fourth-order valence-corrected chi connectivity index (χ4v) is 5.30. The maximum atomic E-state index is 13.8. The number of carbonyl (C=O) groups excluding carboxylic acids is 5. The van der Waals surface area contributed by atoms with E-state index in [0.717, 1.165) is 11.1 Å². The summed E-state index contributed by atoms with van der Waals surface area (Å²) >= 11 is 0. The van der Waals surface area contributed by atoms with Crippen LogP contribution in [0.25, 0.3) is 0 Å². The van der Waals surface area contributed by atoms with Crippen LogP contribution in [0.1, 0.15) is 74.9 Å². The van der Waals surface area contributed by atoms with Gasteiger partial charge >= 0.3 is 0 Å². The Morgan fingerprint density at radius 1 is 0.917 bits per heavy atom. The largest absolute Gasteiger partial charge is 0.497 e. The van der Waals surface area contributed by atoms with Gasteiger partial charge in [-0.25, -0.2) is 0 Å². The molecule has 12 heteroatoms. The third-order valence-corrected chi connectivity index (χ3v) is 8.53. The summed E-state index contributed by atoms with van der Waals surface area (Å²) in [6, 6.07) is 11.3. The highest BCUT2D eigenvalue weighted by Crippen LogP contribution is 2.16. The first-order valence-corrected chi connectivity index (χ1v) is 16.8. The molecule has 2 aliphatic rings. The van der Waals surface area contributed by atoms with Crippen LogP contribution in [0, 0.1) is 5.92 Å². The Labute approximate surface area is 283 Å². The molecule has 4 rings (SSSR count). The number of amides is 5. The monoisotopic (exact) mass is 665 g/mol. The third-order valence-electron chi connectivity index (χ3n) is 8.53. The van der Waals surface area contributed by atoms with E-state index in [9.17, 15) is 24.0 Å². The predicted octanol–water partition coefficient (Wildman–Crippen LogP) is 2.74. The van der Waals surface area contributed by atoms with Crippen molar-refractivity contribution < 1.29 is 33.4 Å². The normalized spacial score (nSPS) is 20.9. The molecule has 2 aromatic rings. The molecule has 0 saturated carbocycles. The Hall–Kier alpha value is -4.45. The number of rotatable bonds is 9. The Kier molecular flexibility index (Phi) is 15.4. The van der Waals surface area contributed by atoms with Crippen molar-refractivity contribution in [2.24, 2.45) is 5.92 Å². The maximum Gasteiger partial charge on any atom is 0.251 e. The zero-order valence-corrected chi connectivity index (χ0v) is 28.8. The summed E-state index contributed by atoms with van der Waals surface area (Å²) in [6.07, 6.45) is 2.26. The second kappa shape index (κ2) is 19.4. The molecule has 0 aromatic heterocycles. The molecular formula is C36H51N5O7. The van der Waals surface area contributed by atoms with Crippen LogP contribution in [-0.2, 0) is 36.9 Å². The number of carbonyl (C=O) groups is 5. The molecule has 12 nitrogen and oxygen atoms in total. The smallest absolute Gasteiger partial charge is 0.251 e. The summed E-state index contributed by atoms with van der Waals surface area (Å²) in [6.45, 7) is 9.30. The van der Waals surface area contributed by atoms with E-state index in [1.165, 1.54) is 0 Å². The van der Waals surface area contributed by atoms with Crippen molar-refractivity contribution >= 4 is 29.5 Å². The van der Waals surface area contributed by atoms with Gasteiger partial charge in [-0.05, 0) is 68.0 Å². The van der Waals surface area contributed by atoms with E-state index in [0.29, 0.717) is 63.4 Å². The molecule has 0 spiro atoms. The second-order valence-corrected chi connectivity index (χ2v) is 12.1. The van der Waals surface area contributed by atoms with Gasteiger partial charge in [0, 0.05) is 38.2 Å². The molecule has 262 valence electrons. The summed E-state index contributed by atoms with van der Waals surface area (Å²) in [5.74, 6) is -1.48. The number of nitrogens with zero attached hydrogens (tertiary/aromatic N) is 1. The minimum atomic E-state index is -1.02. The Balaban J connectivity index is 1.89. The average Bonchev–Trinajstić information content (AvgIpc) is 3.09. The molecule has 48 heavy (non-hydrogen) atoms. The number of nitrogens with one attached hydrogen (secondary N) is 4. The fraction of sp³-hybridized carbons (Fsp3) is 0.528. The third kappa shape index (κ3) is 11.7. The molecule has 2 aromatic carbocycles. The highest BCUT2D eigenvalue weighted by Gasteiger charge is 2.31. The van der Waals surface area contributed by atoms with E-state index < -0.39 is 35.8 Å². The van der Waals surface area contributed by atoms with E-state index >= 15 is 0 Å². The van der Waals surface area contributed by atoms with Crippen LogP contribution >= 0.6 is 0 Å². The van der Waals surface area contributed by atoms with Crippen molar-refractivity contribution in [1.82, 2.24) is 26.2 Å². The van der Waals surface area contributed by atoms with Crippen LogP contribution in [-0.4, -0.2) is 86.0 Å². The van der Waals surface area contributed by atoms with Crippen LogP contribution in [0.3, 0.4) is 0 Å². The van der Waals surface area contributed by atoms with E-state index in [4.69, 9.17) is 9.47 Å². The first-order chi connectivity index (χ1) is 23.1. The van der Waals surface area contributed by atoms with Gasteiger partial charge in [0.05, 0.1) is 20.1 Å². The molecule has 1 unspecified atom stereocenters. The summed E-state index contributed by atoms with van der Waals surface area (Å²) in [5.41, 5.74) is 1.99. The number of hydrogen-bond donors (Lipinski definition) is 4. The van der Waals surface area contributed by atoms with Gasteiger partial charge < -0.3 is 35.6 Å². The van der Waals surface area contributed by atoms with Gasteiger partial charge in [-0.1, -0.05) is 44.5 Å². The van der Waals surface area contributed by atoms with Crippen LogP contribution < -0.4 is 26.0 Å². The molecule has 0 radical (unpaired) electrons. The van der Waals surface area contributed by atoms with Crippen LogP contribution in [0.5, 0.6) is 5.75 Å². The number of ether oxygens (including phenoxy) is 2. The van der Waals surface area contributed by atoms with Gasteiger partial charge in [-0.3, -0.25) is 24.0 Å². The quantitative estimate of drug-likeness (QED) is 0.237. The lowest BCUT2D eigenvalue weighted by atomic mass is 9.96. The molecule has 4 N–H and O–H groups in total. The molecule has 4 atom stereocenters. The molecule has 0 fully saturated rings. The number of benzene rings is 2. The topological polar surface area (TPSA) is 155 Å². The average molecular weight is 666 g/mol. The van der Waals surface area contributed by atoms with Crippen molar-refractivity contribution in [2.75, 3.05) is 33.4 Å². The van der Waals surface area contributed by atoms with E-state index in [1.807, 2.05) is 20.8 Å². The van der Waals surface area contributed by atoms with Crippen LogP contribution in [0.15, 0.2) is 48.5 Å². The standard InChI is InChI=1S/C36H51N5O7/c1-6-24(3)32-36(46)39-30(22-26-12-16-29(47-5)17-13-26)35(45)38-25(4)33(43)37-19-8-9-20-41(31(42)18-21-48-7-2)23-27-10-14-28(15-11-27)34(44)40-32/h10-17,24-25,30,32H,6-9,18-23H2,1-5H3,(H,37,43)(H,38,45)(H,39,46)(H,40,44)/t24-,25+,30-,32?/m0/s1. The minimum Gasteiger partial charge on any atom is -0.497 e. The number of methoxy groups -OCH3 is 1. The van der Waals surface area contributed by atoms with Crippen molar-refractivity contribution in [2.45, 2.75) is 84.5 Å². The second-order valence-electron chi connectivity index (χ2n) is 12.1. The molecule has 2 heterocycles. The van der Waals surface area contributed by atoms with E-state index in [1.54, 1.807) is 67.5 Å². The Bertz CT molecular complexity index is 1370. The van der Waals surface area contributed by atoms with Gasteiger partial charge in [-0.15, -0.1) is 0 Å². The Morgan fingerprint density at radius 3 is 2.27 bits per heavy atom. The molecule has 5 amide bonds. The molecule has 0 saturated heterocycles. The van der Waals surface area contributed by atoms with Gasteiger partial charge in [0.1, 0.15) is 23.9 Å². The van der Waals surface area contributed by atoms with E-state index in [-0.39, 0.29) is 30.6 Å². The molecule has 0 aliphatic carbocycles.